The molecule has 0 aliphatic carbocycles. The van der Waals surface area contributed by atoms with Gasteiger partial charge in [0.15, 0.2) is 0 Å². The number of carboxylic acids is 3. The maximum Gasteiger partial charge on any atom is 0.417 e. The first-order valence-corrected chi connectivity index (χ1v) is 12.0. The van der Waals surface area contributed by atoms with Crippen LogP contribution in [0.1, 0.15) is 53.3 Å². The van der Waals surface area contributed by atoms with Crippen molar-refractivity contribution in [2.75, 3.05) is 10.0 Å². The normalized spacial score (nSPS) is 12.5. The predicted octanol–water partition coefficient (Wildman–Crippen LogP) is 4.09. The molecule has 0 saturated carbocycles. The van der Waals surface area contributed by atoms with Crippen LogP contribution in [0.2, 0.25) is 0 Å². The molecule has 0 aliphatic rings. The lowest BCUT2D eigenvalue weighted by Gasteiger charge is -2.19. The van der Waals surface area contributed by atoms with E-state index in [-0.39, 0.29) is 33.9 Å². The zero-order valence-corrected chi connectivity index (χ0v) is 22.4. The number of nitrogens with zero attached hydrogens (tertiary/aromatic N) is 2. The van der Waals surface area contributed by atoms with E-state index in [0.717, 1.165) is 36.7 Å². The molecule has 0 radical (unpaired) electrons. The van der Waals surface area contributed by atoms with E-state index in [4.69, 9.17) is 33.4 Å². The predicted molar refractivity (Wildman–Crippen MR) is 148 cm³/mol. The highest BCUT2D eigenvalue weighted by Gasteiger charge is 2.37. The molecule has 0 atom stereocenters. The number of benzene rings is 3. The number of rotatable bonds is 9. The number of aromatic carboxylic acids is 3. The molecule has 0 aromatic heterocycles. The van der Waals surface area contributed by atoms with Crippen molar-refractivity contribution in [1.82, 2.24) is 0 Å². The van der Waals surface area contributed by atoms with Gasteiger partial charge in [0.05, 0.1) is 50.6 Å². The second-order valence-corrected chi connectivity index (χ2v) is 9.15. The minimum absolute atomic E-state index is 0.0661. The van der Waals surface area contributed by atoms with E-state index >= 15 is 0 Å². The first-order valence-electron chi connectivity index (χ1n) is 12.0. The Kier molecular flexibility index (Phi) is 9.35. The largest absolute Gasteiger partial charge is 0.478 e. The minimum atomic E-state index is -5.04. The van der Waals surface area contributed by atoms with Crippen molar-refractivity contribution in [2.24, 2.45) is 23.2 Å². The molecule has 0 heterocycles. The zero-order chi connectivity index (χ0) is 34.0. The van der Waals surface area contributed by atoms with Crippen molar-refractivity contribution >= 4 is 40.7 Å². The standard InChI is InChI=1S/C27H22F6N6O6/c28-26(29,30)19-8-15(1-3-17(19)24(42)43)38(36)10-21(34)12-5-13(7-14(6-12)23(40)41)22(35)11-39(37)16-2-4-18(25(44)45)20(9-16)27(31,32)33/h1-11H,34-37H2,(H,40,41)(H,42,43)(H,44,45)/b21-10-,22-11-. The van der Waals surface area contributed by atoms with Gasteiger partial charge in [-0.2, -0.15) is 26.3 Å². The minimum Gasteiger partial charge on any atom is -0.478 e. The Morgan fingerprint density at radius 2 is 0.911 bits per heavy atom. The molecule has 0 spiro atoms. The van der Waals surface area contributed by atoms with Crippen molar-refractivity contribution in [2.45, 2.75) is 12.4 Å². The molecule has 0 unspecified atom stereocenters. The Hall–Kier alpha value is -5.75. The Balaban J connectivity index is 2.03. The summed E-state index contributed by atoms with van der Waals surface area (Å²) in [7, 11) is 0. The van der Waals surface area contributed by atoms with E-state index < -0.39 is 58.1 Å². The maximum absolute atomic E-state index is 13.4. The fourth-order valence-corrected chi connectivity index (χ4v) is 3.91. The van der Waals surface area contributed by atoms with Gasteiger partial charge in [0.2, 0.25) is 0 Å². The fraction of sp³-hybridized carbons (Fsp3) is 0.0741. The molecule has 12 nitrogen and oxygen atoms in total. The summed E-state index contributed by atoms with van der Waals surface area (Å²) in [5, 5.41) is 29.0. The number of hydrazine groups is 2. The Labute approximate surface area is 248 Å². The summed E-state index contributed by atoms with van der Waals surface area (Å²) in [5.74, 6) is 6.56. The molecule has 0 bridgehead atoms. The van der Waals surface area contributed by atoms with Gasteiger partial charge < -0.3 is 26.8 Å². The third-order valence-corrected chi connectivity index (χ3v) is 6.08. The molecular weight excluding hydrogens is 618 g/mol. The van der Waals surface area contributed by atoms with E-state index in [9.17, 15) is 45.8 Å². The van der Waals surface area contributed by atoms with Gasteiger partial charge in [-0.25, -0.2) is 26.1 Å². The van der Waals surface area contributed by atoms with E-state index in [2.05, 4.69) is 0 Å². The van der Waals surface area contributed by atoms with Crippen molar-refractivity contribution in [3.8, 4) is 0 Å². The van der Waals surface area contributed by atoms with E-state index in [1.807, 2.05) is 0 Å². The van der Waals surface area contributed by atoms with Crippen LogP contribution in [0.5, 0.6) is 0 Å². The number of hydrogen-bond donors (Lipinski definition) is 7. The molecule has 45 heavy (non-hydrogen) atoms. The van der Waals surface area contributed by atoms with Gasteiger partial charge in [0, 0.05) is 23.5 Å². The third kappa shape index (κ3) is 7.80. The van der Waals surface area contributed by atoms with E-state index in [0.29, 0.717) is 34.3 Å². The number of halogens is 6. The molecule has 11 N–H and O–H groups in total. The molecule has 3 rings (SSSR count). The van der Waals surface area contributed by atoms with Crippen LogP contribution >= 0.6 is 0 Å². The lowest BCUT2D eigenvalue weighted by Crippen LogP contribution is -2.27. The molecule has 3 aromatic carbocycles. The highest BCUT2D eigenvalue weighted by atomic mass is 19.4. The number of hydrogen-bond acceptors (Lipinski definition) is 9. The van der Waals surface area contributed by atoms with Gasteiger partial charge in [-0.15, -0.1) is 0 Å². The summed E-state index contributed by atoms with van der Waals surface area (Å²) in [4.78, 5) is 34.2. The van der Waals surface area contributed by atoms with Crippen LogP contribution in [0.3, 0.4) is 0 Å². The molecule has 0 amide bonds. The van der Waals surface area contributed by atoms with Crippen LogP contribution in [0.25, 0.3) is 11.4 Å². The van der Waals surface area contributed by atoms with Gasteiger partial charge in [0.1, 0.15) is 0 Å². The maximum atomic E-state index is 13.4. The van der Waals surface area contributed by atoms with Gasteiger partial charge in [-0.05, 0) is 54.6 Å². The summed E-state index contributed by atoms with van der Waals surface area (Å²) in [6.07, 6.45) is -8.26. The van der Waals surface area contributed by atoms with Crippen LogP contribution in [0.4, 0.5) is 37.7 Å². The molecule has 0 aliphatic heterocycles. The number of alkyl halides is 6. The highest BCUT2D eigenvalue weighted by Crippen LogP contribution is 2.36. The molecular formula is C27H22F6N6O6. The number of carbonyl (C=O) groups is 3. The first kappa shape index (κ1) is 33.7. The van der Waals surface area contributed by atoms with E-state index in [1.165, 1.54) is 6.07 Å². The molecule has 238 valence electrons. The third-order valence-electron chi connectivity index (χ3n) is 6.08. The van der Waals surface area contributed by atoms with Gasteiger partial charge in [-0.3, -0.25) is 10.0 Å². The second-order valence-electron chi connectivity index (χ2n) is 9.15. The monoisotopic (exact) mass is 640 g/mol. The summed E-state index contributed by atoms with van der Waals surface area (Å²) in [5.41, 5.74) is 5.25. The fourth-order valence-electron chi connectivity index (χ4n) is 3.91. The lowest BCUT2D eigenvalue weighted by atomic mass is 10.0. The molecule has 0 fully saturated rings. The summed E-state index contributed by atoms with van der Waals surface area (Å²) >= 11 is 0. The topological polar surface area (TPSA) is 222 Å². The number of nitrogens with two attached hydrogens (primary N) is 4. The molecule has 18 heteroatoms. The molecule has 3 aromatic rings. The van der Waals surface area contributed by atoms with Gasteiger partial charge >= 0.3 is 30.3 Å². The summed E-state index contributed by atoms with van der Waals surface area (Å²) in [6, 6.07) is 7.61. The average molecular weight is 640 g/mol. The van der Waals surface area contributed by atoms with Gasteiger partial charge in [0.25, 0.3) is 0 Å². The zero-order valence-electron chi connectivity index (χ0n) is 22.4. The second kappa shape index (κ2) is 12.5. The van der Waals surface area contributed by atoms with Crippen molar-refractivity contribution in [1.29, 1.82) is 0 Å². The van der Waals surface area contributed by atoms with Gasteiger partial charge in [-0.1, -0.05) is 0 Å². The smallest absolute Gasteiger partial charge is 0.417 e. The Morgan fingerprint density at radius 3 is 1.20 bits per heavy atom. The van der Waals surface area contributed by atoms with Crippen LogP contribution in [0.15, 0.2) is 67.0 Å². The van der Waals surface area contributed by atoms with E-state index in [1.54, 1.807) is 0 Å². The average Bonchev–Trinajstić information content (AvgIpc) is 2.94. The van der Waals surface area contributed by atoms with Crippen LogP contribution in [0, 0.1) is 0 Å². The number of carboxylic acid groups (broad SMARTS) is 3. The Morgan fingerprint density at radius 1 is 0.578 bits per heavy atom. The lowest BCUT2D eigenvalue weighted by molar-refractivity contribution is -0.138. The quantitative estimate of drug-likeness (QED) is 0.0998. The molecule has 0 saturated heterocycles. The van der Waals surface area contributed by atoms with Crippen LogP contribution < -0.4 is 33.2 Å². The van der Waals surface area contributed by atoms with Crippen LogP contribution in [-0.2, 0) is 12.4 Å². The SMILES string of the molecule is N/C(=C\N(N)c1ccc(C(=O)O)c(C(F)(F)F)c1)c1cc(C(=O)O)cc(/C(N)=C/N(N)c2ccc(C(=O)O)c(C(F)(F)F)c2)c1. The number of anilines is 2. The van der Waals surface area contributed by atoms with Crippen LogP contribution in [-0.4, -0.2) is 33.2 Å². The summed E-state index contributed by atoms with van der Waals surface area (Å²) < 4.78 is 80.5. The highest BCUT2D eigenvalue weighted by molar-refractivity contribution is 5.92. The Bertz CT molecular complexity index is 1620. The van der Waals surface area contributed by atoms with Crippen molar-refractivity contribution in [3.05, 3.63) is 106 Å². The van der Waals surface area contributed by atoms with Crippen molar-refractivity contribution < 1.29 is 56.0 Å². The van der Waals surface area contributed by atoms with Crippen molar-refractivity contribution in [3.63, 3.8) is 0 Å². The summed E-state index contributed by atoms with van der Waals surface area (Å²) in [6.45, 7) is 0. The first-order chi connectivity index (χ1) is 20.7.